The van der Waals surface area contributed by atoms with Crippen LogP contribution in [0.5, 0.6) is 0 Å². The summed E-state index contributed by atoms with van der Waals surface area (Å²) in [6, 6.07) is 8.62. The summed E-state index contributed by atoms with van der Waals surface area (Å²) in [4.78, 5) is 35.0. The Morgan fingerprint density at radius 3 is 2.48 bits per heavy atom. The maximum absolute atomic E-state index is 12.3. The molecule has 0 aliphatic rings. The van der Waals surface area contributed by atoms with Gasteiger partial charge in [0.05, 0.1) is 0 Å². The van der Waals surface area contributed by atoms with E-state index in [-0.39, 0.29) is 17.8 Å². The molecule has 7 nitrogen and oxygen atoms in total. The van der Waals surface area contributed by atoms with Gasteiger partial charge in [-0.15, -0.1) is 6.58 Å². The molecule has 136 valence electrons. The summed E-state index contributed by atoms with van der Waals surface area (Å²) >= 11 is 0. The van der Waals surface area contributed by atoms with Gasteiger partial charge in [0, 0.05) is 26.6 Å². The van der Waals surface area contributed by atoms with Crippen molar-refractivity contribution in [3.8, 4) is 0 Å². The Morgan fingerprint density at radius 1 is 1.12 bits per heavy atom. The zero-order valence-corrected chi connectivity index (χ0v) is 14.5. The van der Waals surface area contributed by atoms with Gasteiger partial charge in [-0.2, -0.15) is 0 Å². The van der Waals surface area contributed by atoms with Crippen LogP contribution in [0.1, 0.15) is 25.3 Å². The lowest BCUT2D eigenvalue weighted by Gasteiger charge is -2.18. The summed E-state index contributed by atoms with van der Waals surface area (Å²) in [5.41, 5.74) is 0.984. The van der Waals surface area contributed by atoms with Crippen molar-refractivity contribution in [2.24, 2.45) is 0 Å². The van der Waals surface area contributed by atoms with Crippen LogP contribution in [0.4, 0.5) is 4.79 Å². The third kappa shape index (κ3) is 9.14. The molecule has 0 unspecified atom stereocenters. The molecule has 1 aromatic rings. The predicted molar refractivity (Wildman–Crippen MR) is 96.7 cm³/mol. The standard InChI is InChI=1S/C18H26N4O3/c1-3-11-19-18(25)20-12-7-10-16(22-14(2)23)17(24)21-13-15-8-5-4-6-9-15/h3-6,8-9,16H,1,7,10-13H2,2H3,(H,21,24)(H,22,23)(H2,19,20,25)/t16-/m0/s1. The Bertz CT molecular complexity index is 575. The minimum atomic E-state index is -0.626. The van der Waals surface area contributed by atoms with Gasteiger partial charge in [-0.05, 0) is 18.4 Å². The van der Waals surface area contributed by atoms with Crippen molar-refractivity contribution in [1.29, 1.82) is 0 Å². The molecule has 0 spiro atoms. The summed E-state index contributed by atoms with van der Waals surface area (Å²) in [5.74, 6) is -0.508. The predicted octanol–water partition coefficient (Wildman–Crippen LogP) is 1.07. The molecular weight excluding hydrogens is 320 g/mol. The molecule has 1 atom stereocenters. The summed E-state index contributed by atoms with van der Waals surface area (Å²) in [6.07, 6.45) is 2.58. The van der Waals surface area contributed by atoms with Gasteiger partial charge in [-0.1, -0.05) is 36.4 Å². The van der Waals surface area contributed by atoms with E-state index in [4.69, 9.17) is 0 Å². The number of hydrogen-bond acceptors (Lipinski definition) is 3. The van der Waals surface area contributed by atoms with Crippen LogP contribution in [0.2, 0.25) is 0 Å². The molecule has 0 aliphatic heterocycles. The number of rotatable bonds is 10. The van der Waals surface area contributed by atoms with E-state index >= 15 is 0 Å². The van der Waals surface area contributed by atoms with Crippen molar-refractivity contribution in [2.45, 2.75) is 32.4 Å². The van der Waals surface area contributed by atoms with E-state index in [1.54, 1.807) is 6.08 Å². The highest BCUT2D eigenvalue weighted by atomic mass is 16.2. The first-order chi connectivity index (χ1) is 12.0. The first-order valence-corrected chi connectivity index (χ1v) is 8.24. The lowest BCUT2D eigenvalue weighted by molar-refractivity contribution is -0.128. The normalized spacial score (nSPS) is 11.1. The Morgan fingerprint density at radius 2 is 1.84 bits per heavy atom. The largest absolute Gasteiger partial charge is 0.350 e. The SMILES string of the molecule is C=CCNC(=O)NCCC[C@H](NC(C)=O)C(=O)NCc1ccccc1. The molecule has 4 N–H and O–H groups in total. The third-order valence-corrected chi connectivity index (χ3v) is 3.37. The maximum atomic E-state index is 12.3. The highest BCUT2D eigenvalue weighted by Gasteiger charge is 2.18. The fourth-order valence-electron chi connectivity index (χ4n) is 2.16. The molecule has 4 amide bonds. The van der Waals surface area contributed by atoms with Crippen LogP contribution < -0.4 is 21.3 Å². The zero-order chi connectivity index (χ0) is 18.5. The molecule has 0 saturated heterocycles. The topological polar surface area (TPSA) is 99.3 Å². The van der Waals surface area contributed by atoms with Gasteiger partial charge < -0.3 is 21.3 Å². The smallest absolute Gasteiger partial charge is 0.315 e. The van der Waals surface area contributed by atoms with Crippen LogP contribution in [0.15, 0.2) is 43.0 Å². The number of hydrogen-bond donors (Lipinski definition) is 4. The van der Waals surface area contributed by atoms with E-state index < -0.39 is 6.04 Å². The Hall–Kier alpha value is -2.83. The van der Waals surface area contributed by atoms with Crippen LogP contribution in [0.3, 0.4) is 0 Å². The van der Waals surface area contributed by atoms with Crippen LogP contribution in [-0.4, -0.2) is 37.0 Å². The summed E-state index contributed by atoms with van der Waals surface area (Å²) in [5, 5.41) is 10.7. The van der Waals surface area contributed by atoms with Crippen LogP contribution in [0, 0.1) is 0 Å². The number of carbonyl (C=O) groups excluding carboxylic acids is 3. The minimum absolute atomic E-state index is 0.241. The summed E-state index contributed by atoms with van der Waals surface area (Å²) in [7, 11) is 0. The number of carbonyl (C=O) groups is 3. The lowest BCUT2D eigenvalue weighted by Crippen LogP contribution is -2.46. The number of nitrogens with one attached hydrogen (secondary N) is 4. The van der Waals surface area contributed by atoms with Gasteiger partial charge >= 0.3 is 6.03 Å². The van der Waals surface area contributed by atoms with Crippen LogP contribution >= 0.6 is 0 Å². The quantitative estimate of drug-likeness (QED) is 0.377. The summed E-state index contributed by atoms with van der Waals surface area (Å²) < 4.78 is 0. The van der Waals surface area contributed by atoms with Crippen LogP contribution in [0.25, 0.3) is 0 Å². The van der Waals surface area contributed by atoms with Gasteiger partial charge in [0.25, 0.3) is 0 Å². The molecule has 1 rings (SSSR count). The van der Waals surface area contributed by atoms with Gasteiger partial charge in [-0.3, -0.25) is 9.59 Å². The van der Waals surface area contributed by atoms with Crippen molar-refractivity contribution in [2.75, 3.05) is 13.1 Å². The molecule has 0 fully saturated rings. The Labute approximate surface area is 148 Å². The monoisotopic (exact) mass is 346 g/mol. The van der Waals surface area contributed by atoms with E-state index in [9.17, 15) is 14.4 Å². The molecule has 25 heavy (non-hydrogen) atoms. The maximum Gasteiger partial charge on any atom is 0.315 e. The van der Waals surface area contributed by atoms with Crippen molar-refractivity contribution >= 4 is 17.8 Å². The molecule has 0 radical (unpaired) electrons. The summed E-state index contributed by atoms with van der Waals surface area (Å²) in [6.45, 7) is 6.08. The lowest BCUT2D eigenvalue weighted by atomic mass is 10.1. The molecule has 0 heterocycles. The second kappa shape index (κ2) is 11.7. The highest BCUT2D eigenvalue weighted by molar-refractivity contribution is 5.86. The number of benzene rings is 1. The first-order valence-electron chi connectivity index (χ1n) is 8.24. The molecule has 0 bridgehead atoms. The molecular formula is C18H26N4O3. The van der Waals surface area contributed by atoms with Crippen molar-refractivity contribution in [3.05, 3.63) is 48.6 Å². The van der Waals surface area contributed by atoms with Crippen molar-refractivity contribution in [1.82, 2.24) is 21.3 Å². The number of amides is 4. The van der Waals surface area contributed by atoms with Gasteiger partial charge in [0.1, 0.15) is 6.04 Å². The highest BCUT2D eigenvalue weighted by Crippen LogP contribution is 2.01. The molecule has 0 saturated carbocycles. The van der Waals surface area contributed by atoms with E-state index in [1.807, 2.05) is 30.3 Å². The average molecular weight is 346 g/mol. The molecule has 0 aromatic heterocycles. The Kier molecular flexibility index (Phi) is 9.43. The third-order valence-electron chi connectivity index (χ3n) is 3.37. The molecule has 0 aliphatic carbocycles. The van der Waals surface area contributed by atoms with E-state index in [0.29, 0.717) is 32.5 Å². The fraction of sp³-hybridized carbons (Fsp3) is 0.389. The van der Waals surface area contributed by atoms with E-state index in [2.05, 4.69) is 27.8 Å². The Balaban J connectivity index is 2.39. The zero-order valence-electron chi connectivity index (χ0n) is 14.5. The second-order valence-corrected chi connectivity index (χ2v) is 5.52. The fourth-order valence-corrected chi connectivity index (χ4v) is 2.16. The van der Waals surface area contributed by atoms with Crippen LogP contribution in [-0.2, 0) is 16.1 Å². The minimum Gasteiger partial charge on any atom is -0.350 e. The van der Waals surface area contributed by atoms with Crippen molar-refractivity contribution in [3.63, 3.8) is 0 Å². The van der Waals surface area contributed by atoms with Gasteiger partial charge in [0.15, 0.2) is 0 Å². The first kappa shape index (κ1) is 20.2. The van der Waals surface area contributed by atoms with Gasteiger partial charge in [-0.25, -0.2) is 4.79 Å². The second-order valence-electron chi connectivity index (χ2n) is 5.52. The van der Waals surface area contributed by atoms with Crippen molar-refractivity contribution < 1.29 is 14.4 Å². The number of urea groups is 1. The molecule has 1 aromatic carbocycles. The average Bonchev–Trinajstić information content (AvgIpc) is 2.61. The van der Waals surface area contributed by atoms with E-state index in [1.165, 1.54) is 6.92 Å². The van der Waals surface area contributed by atoms with Gasteiger partial charge in [0.2, 0.25) is 11.8 Å². The molecule has 7 heteroatoms. The van der Waals surface area contributed by atoms with E-state index in [0.717, 1.165) is 5.56 Å².